The second-order valence-electron chi connectivity index (χ2n) is 9.63. The second-order valence-corrected chi connectivity index (χ2v) is 9.63. The zero-order valence-electron chi connectivity index (χ0n) is 22.6. The highest BCUT2D eigenvalue weighted by atomic mass is 16.5. The number of para-hydroxylation sites is 2. The number of fused-ring (bicyclic) bond motifs is 3. The predicted molar refractivity (Wildman–Crippen MR) is 155 cm³/mol. The van der Waals surface area contributed by atoms with Gasteiger partial charge in [0.15, 0.2) is 0 Å². The van der Waals surface area contributed by atoms with Gasteiger partial charge in [-0.3, -0.25) is 9.69 Å². The lowest BCUT2D eigenvalue weighted by atomic mass is 9.97. The molecule has 1 aliphatic heterocycles. The minimum absolute atomic E-state index is 0.0934. The largest absolute Gasteiger partial charge is 0.497 e. The first-order chi connectivity index (χ1) is 19.5. The van der Waals surface area contributed by atoms with Gasteiger partial charge in [-0.05, 0) is 72.6 Å². The van der Waals surface area contributed by atoms with Gasteiger partial charge in [0.05, 0.1) is 35.8 Å². The Morgan fingerprint density at radius 2 is 1.70 bits per heavy atom. The van der Waals surface area contributed by atoms with E-state index in [0.717, 1.165) is 41.2 Å². The maximum absolute atomic E-state index is 14.2. The summed E-state index contributed by atoms with van der Waals surface area (Å²) in [4.78, 5) is 31.0. The van der Waals surface area contributed by atoms with E-state index in [0.29, 0.717) is 17.8 Å². The standard InChI is InChI=1S/C32H31N5O3/c1-3-4-19-35(32(39)34-25-15-11-23(21-33)12-16-25)22-30(38)37-28-9-6-5-8-27(28)36-20-7-10-29(36)31(37)24-13-17-26(40-2)18-14-24/h5-18,20,31H,3-4,19,22H2,1-2H3,(H,34,39). The number of methoxy groups -OCH3 is 1. The van der Waals surface area contributed by atoms with E-state index in [1.165, 1.54) is 0 Å². The lowest BCUT2D eigenvalue weighted by Crippen LogP contribution is -2.48. The number of anilines is 2. The zero-order chi connectivity index (χ0) is 28.1. The summed E-state index contributed by atoms with van der Waals surface area (Å²) in [5.41, 5.74) is 4.65. The molecule has 0 radical (unpaired) electrons. The summed E-state index contributed by atoms with van der Waals surface area (Å²) in [7, 11) is 1.63. The summed E-state index contributed by atoms with van der Waals surface area (Å²) in [5.74, 6) is 0.547. The maximum Gasteiger partial charge on any atom is 0.322 e. The van der Waals surface area contributed by atoms with Crippen molar-refractivity contribution in [3.05, 3.63) is 108 Å². The van der Waals surface area contributed by atoms with Crippen molar-refractivity contribution in [1.29, 1.82) is 5.26 Å². The van der Waals surface area contributed by atoms with Crippen LogP contribution in [0.25, 0.3) is 5.69 Å². The molecular weight excluding hydrogens is 502 g/mol. The number of unbranched alkanes of at least 4 members (excludes halogenated alkanes) is 1. The van der Waals surface area contributed by atoms with Crippen molar-refractivity contribution < 1.29 is 14.3 Å². The Kier molecular flexibility index (Phi) is 7.83. The summed E-state index contributed by atoms with van der Waals surface area (Å²) < 4.78 is 7.48. The molecule has 1 aliphatic rings. The smallest absolute Gasteiger partial charge is 0.322 e. The number of benzene rings is 3. The highest BCUT2D eigenvalue weighted by molar-refractivity contribution is 6.01. The Hall–Kier alpha value is -5.03. The van der Waals surface area contributed by atoms with Crippen LogP contribution in [-0.4, -0.2) is 41.6 Å². The number of aromatic nitrogens is 1. The third-order valence-corrected chi connectivity index (χ3v) is 7.08. The molecule has 4 aromatic rings. The number of carbonyl (C=O) groups is 2. The van der Waals surface area contributed by atoms with Crippen molar-refractivity contribution >= 4 is 23.3 Å². The highest BCUT2D eigenvalue weighted by Crippen LogP contribution is 2.42. The second kappa shape index (κ2) is 11.8. The maximum atomic E-state index is 14.2. The molecular formula is C32H31N5O3. The van der Waals surface area contributed by atoms with E-state index < -0.39 is 6.04 Å². The van der Waals surface area contributed by atoms with Gasteiger partial charge in [-0.15, -0.1) is 0 Å². The van der Waals surface area contributed by atoms with Crippen molar-refractivity contribution in [2.45, 2.75) is 25.8 Å². The number of nitrogens with one attached hydrogen (secondary N) is 1. The molecule has 0 saturated carbocycles. The molecule has 2 heterocycles. The molecule has 0 bridgehead atoms. The molecule has 0 fully saturated rings. The van der Waals surface area contributed by atoms with E-state index in [2.05, 4.69) is 16.0 Å². The van der Waals surface area contributed by atoms with Crippen LogP contribution in [-0.2, 0) is 4.79 Å². The molecule has 5 rings (SSSR count). The van der Waals surface area contributed by atoms with Crippen molar-refractivity contribution in [3.8, 4) is 17.5 Å². The van der Waals surface area contributed by atoms with Gasteiger partial charge in [0.2, 0.25) is 5.91 Å². The lowest BCUT2D eigenvalue weighted by molar-refractivity contribution is -0.119. The molecule has 3 aromatic carbocycles. The fraction of sp³-hybridized carbons (Fsp3) is 0.219. The third kappa shape index (κ3) is 5.27. The highest BCUT2D eigenvalue weighted by Gasteiger charge is 2.37. The van der Waals surface area contributed by atoms with Crippen LogP contribution in [0.4, 0.5) is 16.2 Å². The van der Waals surface area contributed by atoms with Crippen LogP contribution >= 0.6 is 0 Å². The molecule has 8 heteroatoms. The van der Waals surface area contributed by atoms with Gasteiger partial charge in [-0.2, -0.15) is 5.26 Å². The van der Waals surface area contributed by atoms with E-state index in [1.807, 2.05) is 73.8 Å². The van der Waals surface area contributed by atoms with Crippen molar-refractivity contribution in [2.75, 3.05) is 30.4 Å². The van der Waals surface area contributed by atoms with Crippen LogP contribution in [0.2, 0.25) is 0 Å². The number of ether oxygens (including phenoxy) is 1. The average molecular weight is 534 g/mol. The van der Waals surface area contributed by atoms with E-state index in [1.54, 1.807) is 41.2 Å². The quantitative estimate of drug-likeness (QED) is 0.295. The number of urea groups is 1. The predicted octanol–water partition coefficient (Wildman–Crippen LogP) is 6.13. The van der Waals surface area contributed by atoms with E-state index in [9.17, 15) is 9.59 Å². The van der Waals surface area contributed by atoms with Gasteiger partial charge in [0.25, 0.3) is 0 Å². The van der Waals surface area contributed by atoms with Crippen LogP contribution < -0.4 is 15.0 Å². The number of nitrogens with zero attached hydrogens (tertiary/aromatic N) is 4. The fourth-order valence-electron chi connectivity index (χ4n) is 5.04. The van der Waals surface area contributed by atoms with Gasteiger partial charge < -0.3 is 19.5 Å². The average Bonchev–Trinajstić information content (AvgIpc) is 3.49. The summed E-state index contributed by atoms with van der Waals surface area (Å²) in [6.45, 7) is 2.39. The van der Waals surface area contributed by atoms with Gasteiger partial charge in [-0.25, -0.2) is 4.79 Å². The minimum Gasteiger partial charge on any atom is -0.497 e. The monoisotopic (exact) mass is 533 g/mol. The Bertz CT molecular complexity index is 1540. The number of carbonyl (C=O) groups excluding carboxylic acids is 2. The molecule has 3 amide bonds. The minimum atomic E-state index is -0.391. The molecule has 0 saturated heterocycles. The van der Waals surface area contributed by atoms with Gasteiger partial charge in [0.1, 0.15) is 18.3 Å². The van der Waals surface area contributed by atoms with Crippen LogP contribution in [0.3, 0.4) is 0 Å². The molecule has 1 aromatic heterocycles. The summed E-state index contributed by atoms with van der Waals surface area (Å²) in [6.07, 6.45) is 3.64. The topological polar surface area (TPSA) is 90.6 Å². The van der Waals surface area contributed by atoms with Crippen LogP contribution in [0.1, 0.15) is 42.6 Å². The van der Waals surface area contributed by atoms with Crippen molar-refractivity contribution in [1.82, 2.24) is 9.47 Å². The Labute approximate surface area is 234 Å². The van der Waals surface area contributed by atoms with Crippen molar-refractivity contribution in [2.24, 2.45) is 0 Å². The molecule has 1 N–H and O–H groups in total. The van der Waals surface area contributed by atoms with Gasteiger partial charge >= 0.3 is 6.03 Å². The van der Waals surface area contributed by atoms with Crippen LogP contribution in [0.5, 0.6) is 5.75 Å². The fourth-order valence-corrected chi connectivity index (χ4v) is 5.04. The third-order valence-electron chi connectivity index (χ3n) is 7.08. The lowest BCUT2D eigenvalue weighted by Gasteiger charge is -2.39. The Morgan fingerprint density at radius 3 is 2.38 bits per heavy atom. The SMILES string of the molecule is CCCCN(CC(=O)N1c2ccccc2-n2cccc2C1c1ccc(OC)cc1)C(=O)Nc1ccc(C#N)cc1. The van der Waals surface area contributed by atoms with E-state index in [-0.39, 0.29) is 18.5 Å². The van der Waals surface area contributed by atoms with Crippen LogP contribution in [0.15, 0.2) is 91.1 Å². The summed E-state index contributed by atoms with van der Waals surface area (Å²) in [6, 6.07) is 27.6. The first kappa shape index (κ1) is 26.6. The van der Waals surface area contributed by atoms with E-state index >= 15 is 0 Å². The molecule has 0 spiro atoms. The van der Waals surface area contributed by atoms with Crippen molar-refractivity contribution in [3.63, 3.8) is 0 Å². The van der Waals surface area contributed by atoms with Gasteiger partial charge in [-0.1, -0.05) is 37.6 Å². The number of amides is 3. The first-order valence-corrected chi connectivity index (χ1v) is 13.3. The normalized spacial score (nSPS) is 13.5. The van der Waals surface area contributed by atoms with Gasteiger partial charge in [0, 0.05) is 18.4 Å². The molecule has 0 aliphatic carbocycles. The number of hydrogen-bond donors (Lipinski definition) is 1. The molecule has 1 unspecified atom stereocenters. The number of nitriles is 1. The molecule has 202 valence electrons. The van der Waals surface area contributed by atoms with E-state index in [4.69, 9.17) is 10.00 Å². The molecule has 1 atom stereocenters. The number of rotatable bonds is 8. The number of hydrogen-bond acceptors (Lipinski definition) is 4. The summed E-state index contributed by atoms with van der Waals surface area (Å²) in [5, 5.41) is 12.0. The van der Waals surface area contributed by atoms with Crippen LogP contribution in [0, 0.1) is 11.3 Å². The Balaban J connectivity index is 1.48. The molecule has 40 heavy (non-hydrogen) atoms. The Morgan fingerprint density at radius 1 is 0.975 bits per heavy atom. The zero-order valence-corrected chi connectivity index (χ0v) is 22.6. The summed E-state index contributed by atoms with van der Waals surface area (Å²) >= 11 is 0. The molecule has 8 nitrogen and oxygen atoms in total. The first-order valence-electron chi connectivity index (χ1n) is 13.3.